The van der Waals surface area contributed by atoms with Gasteiger partial charge in [0.05, 0.1) is 23.0 Å². The lowest BCUT2D eigenvalue weighted by atomic mass is 9.80. The number of unbranched alkanes of at least 4 members (excludes halogenated alkanes) is 6. The molecular weight excluding hydrogens is 529 g/mol. The zero-order valence-corrected chi connectivity index (χ0v) is 28.6. The molecule has 0 fully saturated rings. The molecule has 2 aromatic rings. The summed E-state index contributed by atoms with van der Waals surface area (Å²) in [5.41, 5.74) is 3.10. The normalized spacial score (nSPS) is 12.1. The van der Waals surface area contributed by atoms with Crippen molar-refractivity contribution in [2.24, 2.45) is 0 Å². The molecule has 0 saturated heterocycles. The highest BCUT2D eigenvalue weighted by atomic mass is 33.1. The van der Waals surface area contributed by atoms with E-state index in [1.54, 1.807) is 0 Å². The second-order valence-corrected chi connectivity index (χ2v) is 14.8. The second kappa shape index (κ2) is 18.3. The quantitative estimate of drug-likeness (QED) is 0.107. The van der Waals surface area contributed by atoms with Crippen LogP contribution in [0.3, 0.4) is 0 Å². The van der Waals surface area contributed by atoms with Gasteiger partial charge in [-0.2, -0.15) is 0 Å². The Morgan fingerprint density at radius 2 is 0.900 bits per heavy atom. The van der Waals surface area contributed by atoms with E-state index in [0.717, 1.165) is 50.4 Å². The smallest absolute Gasteiger partial charge is 0.133 e. The number of hydrogen-bond acceptors (Lipinski definition) is 4. The van der Waals surface area contributed by atoms with Gasteiger partial charge in [0.15, 0.2) is 0 Å². The van der Waals surface area contributed by atoms with E-state index >= 15 is 0 Å². The summed E-state index contributed by atoms with van der Waals surface area (Å²) >= 11 is 0. The third kappa shape index (κ3) is 11.6. The summed E-state index contributed by atoms with van der Waals surface area (Å²) in [5.74, 6) is 2.01. The minimum atomic E-state index is 0.147. The first-order chi connectivity index (χ1) is 19.2. The average molecular weight is 587 g/mol. The van der Waals surface area contributed by atoms with Gasteiger partial charge < -0.3 is 9.47 Å². The molecule has 0 amide bonds. The fourth-order valence-corrected chi connectivity index (χ4v) is 7.16. The molecule has 0 radical (unpaired) electrons. The van der Waals surface area contributed by atoms with E-state index in [0.29, 0.717) is 0 Å². The Morgan fingerprint density at radius 3 is 1.25 bits per heavy atom. The van der Waals surface area contributed by atoms with Crippen molar-refractivity contribution in [1.29, 1.82) is 0 Å². The van der Waals surface area contributed by atoms with E-state index in [4.69, 9.17) is 9.47 Å². The number of hydrogen-bond donors (Lipinski definition) is 0. The fraction of sp³-hybridized carbons (Fsp3) is 0.667. The van der Waals surface area contributed by atoms with Crippen LogP contribution >= 0.6 is 21.6 Å². The zero-order valence-electron chi connectivity index (χ0n) is 27.0. The number of rotatable bonds is 21. The van der Waals surface area contributed by atoms with Crippen LogP contribution < -0.4 is 9.47 Å². The van der Waals surface area contributed by atoms with Gasteiger partial charge in [-0.15, -0.1) is 0 Å². The third-order valence-electron chi connectivity index (χ3n) is 7.99. The van der Waals surface area contributed by atoms with Gasteiger partial charge in [-0.25, -0.2) is 0 Å². The van der Waals surface area contributed by atoms with Gasteiger partial charge in [-0.3, -0.25) is 0 Å². The predicted molar refractivity (Wildman–Crippen MR) is 180 cm³/mol. The first-order valence-electron chi connectivity index (χ1n) is 16.1. The van der Waals surface area contributed by atoms with Crippen LogP contribution in [0.1, 0.15) is 144 Å². The molecule has 0 bridgehead atoms. The Labute approximate surface area is 255 Å². The van der Waals surface area contributed by atoms with E-state index in [9.17, 15) is 0 Å². The molecule has 0 N–H and O–H groups in total. The Morgan fingerprint density at radius 1 is 0.525 bits per heavy atom. The van der Waals surface area contributed by atoms with Gasteiger partial charge in [-0.05, 0) is 93.5 Å². The van der Waals surface area contributed by atoms with Crippen LogP contribution in [-0.2, 0) is 10.8 Å². The molecule has 0 aliphatic rings. The van der Waals surface area contributed by atoms with E-state index in [-0.39, 0.29) is 10.8 Å². The molecule has 0 aliphatic heterocycles. The van der Waals surface area contributed by atoms with Gasteiger partial charge in [-0.1, -0.05) is 119 Å². The van der Waals surface area contributed by atoms with Crippen molar-refractivity contribution in [2.75, 3.05) is 13.2 Å². The van der Waals surface area contributed by atoms with Crippen molar-refractivity contribution >= 4 is 21.6 Å². The Kier molecular flexibility index (Phi) is 16.0. The summed E-state index contributed by atoms with van der Waals surface area (Å²) < 4.78 is 12.6. The molecule has 0 spiro atoms. The fourth-order valence-electron chi connectivity index (χ4n) is 4.89. The summed E-state index contributed by atoms with van der Waals surface area (Å²) in [6.07, 6.45) is 14.5. The van der Waals surface area contributed by atoms with Crippen molar-refractivity contribution in [2.45, 2.75) is 153 Å². The van der Waals surface area contributed by atoms with Gasteiger partial charge in [0.2, 0.25) is 0 Å². The van der Waals surface area contributed by atoms with Gasteiger partial charge in [0, 0.05) is 0 Å². The SMILES string of the molecule is CCCCCC(C)(C)c1ccc(OCCCC)c(SSc2cc(C(C)(C)CCCCC)ccc2OCCCC)c1. The summed E-state index contributed by atoms with van der Waals surface area (Å²) in [4.78, 5) is 2.43. The molecule has 0 aliphatic carbocycles. The standard InChI is InChI=1S/C36H58O2S2/c1-9-13-17-23-35(5,6)29-19-21-31(37-25-15-11-3)33(27-29)39-40-34-28-30(36(7,8)24-18-14-10-2)20-22-32(34)38-26-16-12-4/h19-22,27-28H,9-18,23-26H2,1-8H3. The van der Waals surface area contributed by atoms with Crippen molar-refractivity contribution in [3.63, 3.8) is 0 Å². The van der Waals surface area contributed by atoms with Crippen LogP contribution in [0.5, 0.6) is 11.5 Å². The van der Waals surface area contributed by atoms with Crippen LogP contribution in [0.4, 0.5) is 0 Å². The first kappa shape index (κ1) is 34.9. The highest BCUT2D eigenvalue weighted by Gasteiger charge is 2.24. The summed E-state index contributed by atoms with van der Waals surface area (Å²) in [7, 11) is 3.65. The van der Waals surface area contributed by atoms with Crippen LogP contribution in [0.2, 0.25) is 0 Å². The minimum Gasteiger partial charge on any atom is -0.492 e. The van der Waals surface area contributed by atoms with E-state index in [1.807, 2.05) is 21.6 Å². The molecule has 4 heteroatoms. The van der Waals surface area contributed by atoms with Crippen molar-refractivity contribution in [1.82, 2.24) is 0 Å². The lowest BCUT2D eigenvalue weighted by Crippen LogP contribution is -2.17. The molecule has 0 saturated carbocycles. The Balaban J connectivity index is 2.36. The monoisotopic (exact) mass is 586 g/mol. The Hall–Kier alpha value is -1.26. The lowest BCUT2D eigenvalue weighted by molar-refractivity contribution is 0.301. The second-order valence-electron chi connectivity index (χ2n) is 12.6. The van der Waals surface area contributed by atoms with E-state index in [2.05, 4.69) is 91.8 Å². The van der Waals surface area contributed by atoms with Gasteiger partial charge >= 0.3 is 0 Å². The largest absolute Gasteiger partial charge is 0.492 e. The van der Waals surface area contributed by atoms with Gasteiger partial charge in [0.25, 0.3) is 0 Å². The number of ether oxygens (including phenoxy) is 2. The molecule has 2 rings (SSSR count). The van der Waals surface area contributed by atoms with Crippen LogP contribution in [0.25, 0.3) is 0 Å². The molecule has 0 heterocycles. The molecule has 2 aromatic carbocycles. The maximum atomic E-state index is 6.31. The van der Waals surface area contributed by atoms with E-state index in [1.165, 1.54) is 72.3 Å². The Bertz CT molecular complexity index is 903. The van der Waals surface area contributed by atoms with Crippen LogP contribution in [0.15, 0.2) is 46.2 Å². The van der Waals surface area contributed by atoms with Crippen LogP contribution in [0, 0.1) is 0 Å². The third-order valence-corrected chi connectivity index (χ3v) is 10.4. The predicted octanol–water partition coefficient (Wildman–Crippen LogP) is 12.6. The topological polar surface area (TPSA) is 18.5 Å². The maximum absolute atomic E-state index is 6.31. The minimum absolute atomic E-state index is 0.147. The van der Waals surface area contributed by atoms with Crippen molar-refractivity contribution in [3.05, 3.63) is 47.5 Å². The van der Waals surface area contributed by atoms with Gasteiger partial charge in [0.1, 0.15) is 11.5 Å². The first-order valence-corrected chi connectivity index (χ1v) is 18.2. The van der Waals surface area contributed by atoms with Crippen molar-refractivity contribution < 1.29 is 9.47 Å². The molecule has 40 heavy (non-hydrogen) atoms. The zero-order chi connectivity index (χ0) is 29.4. The van der Waals surface area contributed by atoms with Crippen LogP contribution in [-0.4, -0.2) is 13.2 Å². The summed E-state index contributed by atoms with van der Waals surface area (Å²) in [6, 6.07) is 13.8. The summed E-state index contributed by atoms with van der Waals surface area (Å²) in [5, 5.41) is 0. The lowest BCUT2D eigenvalue weighted by Gasteiger charge is -2.27. The van der Waals surface area contributed by atoms with Crippen molar-refractivity contribution in [3.8, 4) is 11.5 Å². The highest BCUT2D eigenvalue weighted by Crippen LogP contribution is 2.48. The molecule has 0 aromatic heterocycles. The number of benzene rings is 2. The molecule has 0 unspecified atom stereocenters. The average Bonchev–Trinajstić information content (AvgIpc) is 2.93. The summed E-state index contributed by atoms with van der Waals surface area (Å²) in [6.45, 7) is 20.1. The molecular formula is C36H58O2S2. The van der Waals surface area contributed by atoms with E-state index < -0.39 is 0 Å². The molecule has 226 valence electrons. The molecule has 0 atom stereocenters. The highest BCUT2D eigenvalue weighted by molar-refractivity contribution is 8.76. The maximum Gasteiger partial charge on any atom is 0.133 e. The molecule has 2 nitrogen and oxygen atoms in total.